The number of hydrogen-bond acceptors (Lipinski definition) is 1. The molecule has 2 N–H and O–H groups in total. The standard InChI is InChI=1S/C9H7F6N/c10-8(11,12)7(9(13,14)15)5-3-1-2-4-6(5)16/h1-4,7H,16H2. The van der Waals surface area contributed by atoms with Gasteiger partial charge in [0.25, 0.3) is 0 Å². The van der Waals surface area contributed by atoms with Crippen LogP contribution in [0.5, 0.6) is 0 Å². The van der Waals surface area contributed by atoms with E-state index in [0.29, 0.717) is 0 Å². The maximum atomic E-state index is 12.3. The predicted octanol–water partition coefficient (Wildman–Crippen LogP) is 3.48. The molecule has 16 heavy (non-hydrogen) atoms. The lowest BCUT2D eigenvalue weighted by Crippen LogP contribution is -2.34. The number of alkyl halides is 6. The highest BCUT2D eigenvalue weighted by Gasteiger charge is 2.57. The van der Waals surface area contributed by atoms with Crippen LogP contribution >= 0.6 is 0 Å². The summed E-state index contributed by atoms with van der Waals surface area (Å²) in [7, 11) is 0. The first-order chi connectivity index (χ1) is 7.14. The molecular formula is C9H7F6N. The first-order valence-electron chi connectivity index (χ1n) is 4.12. The van der Waals surface area contributed by atoms with Crippen molar-refractivity contribution in [3.63, 3.8) is 0 Å². The van der Waals surface area contributed by atoms with Crippen LogP contribution in [0.4, 0.5) is 32.0 Å². The highest BCUT2D eigenvalue weighted by molar-refractivity contribution is 5.49. The summed E-state index contributed by atoms with van der Waals surface area (Å²) in [5, 5.41) is 0. The maximum absolute atomic E-state index is 12.3. The van der Waals surface area contributed by atoms with Gasteiger partial charge in [0.15, 0.2) is 5.92 Å². The highest BCUT2D eigenvalue weighted by Crippen LogP contribution is 2.47. The Bertz CT molecular complexity index is 353. The highest BCUT2D eigenvalue weighted by atomic mass is 19.4. The van der Waals surface area contributed by atoms with Gasteiger partial charge in [-0.05, 0) is 11.6 Å². The molecule has 0 heterocycles. The van der Waals surface area contributed by atoms with E-state index >= 15 is 0 Å². The Morgan fingerprint density at radius 1 is 0.875 bits per heavy atom. The molecule has 0 atom stereocenters. The zero-order chi connectivity index (χ0) is 12.6. The van der Waals surface area contributed by atoms with Gasteiger partial charge in [0.1, 0.15) is 0 Å². The Kier molecular flexibility index (Phi) is 3.07. The van der Waals surface area contributed by atoms with Crippen LogP contribution in [0.2, 0.25) is 0 Å². The molecule has 0 aliphatic rings. The van der Waals surface area contributed by atoms with Crippen LogP contribution in [0.25, 0.3) is 0 Å². The predicted molar refractivity (Wildman–Crippen MR) is 45.7 cm³/mol. The SMILES string of the molecule is Nc1ccccc1C(C(F)(F)F)C(F)(F)F. The molecule has 0 aromatic heterocycles. The van der Waals surface area contributed by atoms with Crippen LogP contribution in [0.1, 0.15) is 11.5 Å². The van der Waals surface area contributed by atoms with Gasteiger partial charge in [-0.25, -0.2) is 0 Å². The average molecular weight is 243 g/mol. The van der Waals surface area contributed by atoms with Gasteiger partial charge in [-0.15, -0.1) is 0 Å². The second-order valence-electron chi connectivity index (χ2n) is 3.15. The molecule has 0 aliphatic carbocycles. The topological polar surface area (TPSA) is 26.0 Å². The summed E-state index contributed by atoms with van der Waals surface area (Å²) in [5.74, 6) is -3.54. The molecule has 0 radical (unpaired) electrons. The molecule has 1 aromatic carbocycles. The van der Waals surface area contributed by atoms with Gasteiger partial charge >= 0.3 is 12.4 Å². The third-order valence-corrected chi connectivity index (χ3v) is 1.96. The number of benzene rings is 1. The Morgan fingerprint density at radius 3 is 1.69 bits per heavy atom. The summed E-state index contributed by atoms with van der Waals surface area (Å²) in [6.45, 7) is 0. The Hall–Kier alpha value is -1.40. The normalized spacial score (nSPS) is 13.2. The summed E-state index contributed by atoms with van der Waals surface area (Å²) in [4.78, 5) is 0. The van der Waals surface area contributed by atoms with Crippen LogP contribution in [0.3, 0.4) is 0 Å². The summed E-state index contributed by atoms with van der Waals surface area (Å²) in [6, 6.07) is 4.07. The minimum absolute atomic E-state index is 0.526. The third-order valence-electron chi connectivity index (χ3n) is 1.96. The Balaban J connectivity index is 3.29. The van der Waals surface area contributed by atoms with Crippen LogP contribution in [-0.2, 0) is 0 Å². The van der Waals surface area contributed by atoms with Crippen molar-refractivity contribution in [1.82, 2.24) is 0 Å². The molecule has 0 saturated heterocycles. The molecular weight excluding hydrogens is 236 g/mol. The van der Waals surface area contributed by atoms with Gasteiger partial charge in [0.2, 0.25) is 0 Å². The Labute approximate surface area is 86.9 Å². The van der Waals surface area contributed by atoms with Crippen LogP contribution in [-0.4, -0.2) is 12.4 Å². The number of halogens is 6. The van der Waals surface area contributed by atoms with E-state index in [-0.39, 0.29) is 0 Å². The van der Waals surface area contributed by atoms with Gasteiger partial charge in [-0.2, -0.15) is 26.3 Å². The average Bonchev–Trinajstić information content (AvgIpc) is 2.03. The zero-order valence-electron chi connectivity index (χ0n) is 7.73. The smallest absolute Gasteiger partial charge is 0.398 e. The molecule has 0 bridgehead atoms. The molecule has 0 saturated carbocycles. The number of nitrogen functional groups attached to an aromatic ring is 1. The molecule has 7 heteroatoms. The fourth-order valence-corrected chi connectivity index (χ4v) is 1.31. The van der Waals surface area contributed by atoms with Crippen molar-refractivity contribution in [3.8, 4) is 0 Å². The van der Waals surface area contributed by atoms with Crippen molar-refractivity contribution in [2.75, 3.05) is 5.73 Å². The number of para-hydroxylation sites is 1. The lowest BCUT2D eigenvalue weighted by Gasteiger charge is -2.24. The quantitative estimate of drug-likeness (QED) is 0.593. The molecule has 1 rings (SSSR count). The van der Waals surface area contributed by atoms with E-state index in [0.717, 1.165) is 18.2 Å². The fourth-order valence-electron chi connectivity index (χ4n) is 1.31. The lowest BCUT2D eigenvalue weighted by atomic mass is 9.96. The van der Waals surface area contributed by atoms with E-state index in [1.807, 2.05) is 0 Å². The van der Waals surface area contributed by atoms with Crippen LogP contribution in [0.15, 0.2) is 24.3 Å². The van der Waals surface area contributed by atoms with E-state index in [1.165, 1.54) is 6.07 Å². The molecule has 90 valence electrons. The second kappa shape index (κ2) is 3.88. The third kappa shape index (κ3) is 2.59. The summed E-state index contributed by atoms with van der Waals surface area (Å²) < 4.78 is 73.8. The van der Waals surface area contributed by atoms with Gasteiger partial charge in [0.05, 0.1) is 0 Å². The minimum atomic E-state index is -5.41. The fraction of sp³-hybridized carbons (Fsp3) is 0.333. The van der Waals surface area contributed by atoms with Crippen molar-refractivity contribution in [3.05, 3.63) is 29.8 Å². The summed E-state index contributed by atoms with van der Waals surface area (Å²) in [6.07, 6.45) is -10.8. The van der Waals surface area contributed by atoms with Gasteiger partial charge in [-0.3, -0.25) is 0 Å². The monoisotopic (exact) mass is 243 g/mol. The summed E-state index contributed by atoms with van der Waals surface area (Å²) in [5.41, 5.74) is 3.62. The second-order valence-corrected chi connectivity index (χ2v) is 3.15. The number of anilines is 1. The van der Waals surface area contributed by atoms with Crippen LogP contribution in [0, 0.1) is 0 Å². The van der Waals surface area contributed by atoms with Crippen molar-refractivity contribution < 1.29 is 26.3 Å². The van der Waals surface area contributed by atoms with Gasteiger partial charge in [-0.1, -0.05) is 18.2 Å². The van der Waals surface area contributed by atoms with Gasteiger partial charge in [0, 0.05) is 5.69 Å². The molecule has 0 amide bonds. The Morgan fingerprint density at radius 2 is 1.31 bits per heavy atom. The van der Waals surface area contributed by atoms with Crippen molar-refractivity contribution in [2.24, 2.45) is 0 Å². The molecule has 0 aliphatic heterocycles. The van der Waals surface area contributed by atoms with Gasteiger partial charge < -0.3 is 5.73 Å². The van der Waals surface area contributed by atoms with Crippen molar-refractivity contribution in [2.45, 2.75) is 18.3 Å². The van der Waals surface area contributed by atoms with E-state index in [9.17, 15) is 26.3 Å². The van der Waals surface area contributed by atoms with Crippen molar-refractivity contribution in [1.29, 1.82) is 0 Å². The molecule has 0 unspecified atom stereocenters. The molecule has 1 aromatic rings. The number of hydrogen-bond donors (Lipinski definition) is 1. The first kappa shape index (κ1) is 12.7. The lowest BCUT2D eigenvalue weighted by molar-refractivity contribution is -0.253. The molecule has 0 spiro atoms. The molecule has 1 nitrogen and oxygen atoms in total. The molecule has 0 fully saturated rings. The number of rotatable bonds is 1. The first-order valence-corrected chi connectivity index (χ1v) is 4.12. The minimum Gasteiger partial charge on any atom is -0.398 e. The van der Waals surface area contributed by atoms with E-state index in [4.69, 9.17) is 5.73 Å². The van der Waals surface area contributed by atoms with Crippen LogP contribution < -0.4 is 5.73 Å². The zero-order valence-corrected chi connectivity index (χ0v) is 7.73. The van der Waals surface area contributed by atoms with Crippen molar-refractivity contribution >= 4 is 5.69 Å². The van der Waals surface area contributed by atoms with E-state index in [1.54, 1.807) is 0 Å². The van der Waals surface area contributed by atoms with E-state index < -0.39 is 29.5 Å². The summed E-state index contributed by atoms with van der Waals surface area (Å²) >= 11 is 0. The number of nitrogens with two attached hydrogens (primary N) is 1. The maximum Gasteiger partial charge on any atom is 0.404 e. The van der Waals surface area contributed by atoms with E-state index in [2.05, 4.69) is 0 Å². The largest absolute Gasteiger partial charge is 0.404 e.